The van der Waals surface area contributed by atoms with Gasteiger partial charge in [0.05, 0.1) is 16.5 Å². The average molecular weight is 537 g/mol. The van der Waals surface area contributed by atoms with Crippen molar-refractivity contribution < 1.29 is 23.9 Å². The third-order valence-electron chi connectivity index (χ3n) is 6.25. The average Bonchev–Trinajstić information content (AvgIpc) is 3.24. The summed E-state index contributed by atoms with van der Waals surface area (Å²) in [6.45, 7) is -0.405. The van der Waals surface area contributed by atoms with Gasteiger partial charge in [0.2, 0.25) is 11.8 Å². The fourth-order valence-electron chi connectivity index (χ4n) is 4.24. The summed E-state index contributed by atoms with van der Waals surface area (Å²) in [6, 6.07) is 30.0. The number of nitrogens with two attached hydrogens (primary N) is 1. The van der Waals surface area contributed by atoms with E-state index in [0.29, 0.717) is 16.9 Å². The number of amides is 2. The Balaban J connectivity index is 1.18. The molecule has 0 bridgehead atoms. The predicted octanol–water partition coefficient (Wildman–Crippen LogP) is 5.40. The monoisotopic (exact) mass is 536 g/mol. The highest BCUT2D eigenvalue weighted by Gasteiger charge is 2.40. The zero-order valence-electron chi connectivity index (χ0n) is 20.8. The second-order valence-corrected chi connectivity index (χ2v) is 10.2. The topological polar surface area (TPSA) is 107 Å². The molecule has 1 aliphatic rings. The summed E-state index contributed by atoms with van der Waals surface area (Å²) >= 11 is 1.29. The van der Waals surface area contributed by atoms with Crippen molar-refractivity contribution in [2.24, 2.45) is 0 Å². The Kier molecular flexibility index (Phi) is 7.56. The van der Waals surface area contributed by atoms with Gasteiger partial charge in [-0.2, -0.15) is 0 Å². The minimum absolute atomic E-state index is 0.0660. The van der Waals surface area contributed by atoms with Crippen LogP contribution in [0.4, 0.5) is 11.4 Å². The van der Waals surface area contributed by atoms with Crippen LogP contribution in [0.5, 0.6) is 0 Å². The van der Waals surface area contributed by atoms with Crippen molar-refractivity contribution in [3.05, 3.63) is 114 Å². The third kappa shape index (κ3) is 5.91. The van der Waals surface area contributed by atoms with Gasteiger partial charge >= 0.3 is 5.97 Å². The molecule has 0 spiro atoms. The minimum atomic E-state index is -0.676. The summed E-state index contributed by atoms with van der Waals surface area (Å²) in [6.07, 6.45) is 0.0660. The maximum atomic E-state index is 13.0. The molecule has 194 valence electrons. The third-order valence-corrected chi connectivity index (χ3v) is 7.43. The lowest BCUT2D eigenvalue weighted by molar-refractivity contribution is -0.121. The second-order valence-electron chi connectivity index (χ2n) is 8.94. The molecule has 39 heavy (non-hydrogen) atoms. The minimum Gasteiger partial charge on any atom is -0.454 e. The number of imide groups is 1. The number of nitrogen functional groups attached to an aromatic ring is 1. The van der Waals surface area contributed by atoms with Gasteiger partial charge in [-0.25, -0.2) is 9.69 Å². The van der Waals surface area contributed by atoms with Crippen molar-refractivity contribution >= 4 is 46.7 Å². The Morgan fingerprint density at radius 3 is 2.18 bits per heavy atom. The molecule has 1 unspecified atom stereocenters. The fraction of sp³-hybridized carbons (Fsp3) is 0.0968. The van der Waals surface area contributed by atoms with Crippen LogP contribution in [0.3, 0.4) is 0 Å². The number of rotatable bonds is 8. The summed E-state index contributed by atoms with van der Waals surface area (Å²) < 4.78 is 5.21. The van der Waals surface area contributed by atoms with Gasteiger partial charge in [0.1, 0.15) is 0 Å². The Morgan fingerprint density at radius 1 is 0.821 bits per heavy atom. The molecule has 0 aliphatic carbocycles. The summed E-state index contributed by atoms with van der Waals surface area (Å²) in [4.78, 5) is 52.6. The van der Waals surface area contributed by atoms with Crippen molar-refractivity contribution in [2.45, 2.75) is 16.6 Å². The number of nitrogens with zero attached hydrogens (tertiary/aromatic N) is 1. The van der Waals surface area contributed by atoms with E-state index in [4.69, 9.17) is 10.5 Å². The van der Waals surface area contributed by atoms with Crippen molar-refractivity contribution in [2.75, 3.05) is 17.2 Å². The molecular weight excluding hydrogens is 512 g/mol. The molecule has 1 fully saturated rings. The molecule has 4 aromatic carbocycles. The van der Waals surface area contributed by atoms with Gasteiger partial charge in [0.25, 0.3) is 0 Å². The first-order valence-electron chi connectivity index (χ1n) is 12.2. The number of ketones is 1. The predicted molar refractivity (Wildman–Crippen MR) is 151 cm³/mol. The quantitative estimate of drug-likeness (QED) is 0.139. The first-order chi connectivity index (χ1) is 18.9. The van der Waals surface area contributed by atoms with Crippen LogP contribution in [0.1, 0.15) is 27.1 Å². The van der Waals surface area contributed by atoms with E-state index in [9.17, 15) is 19.2 Å². The lowest BCUT2D eigenvalue weighted by atomic mass is 10.0. The summed E-state index contributed by atoms with van der Waals surface area (Å²) in [5, 5.41) is -0.559. The molecule has 0 radical (unpaired) electrons. The van der Waals surface area contributed by atoms with E-state index in [2.05, 4.69) is 0 Å². The maximum absolute atomic E-state index is 13.0. The number of benzene rings is 4. The van der Waals surface area contributed by atoms with Crippen molar-refractivity contribution in [3.8, 4) is 11.1 Å². The van der Waals surface area contributed by atoms with Crippen LogP contribution < -0.4 is 10.6 Å². The summed E-state index contributed by atoms with van der Waals surface area (Å²) in [5.74, 6) is -1.64. The number of Topliss-reactive ketones (excluding diaryl/α,β-unsaturated/α-hetero) is 1. The molecule has 0 aromatic heterocycles. The number of thioether (sulfide) groups is 1. The largest absolute Gasteiger partial charge is 0.454 e. The van der Waals surface area contributed by atoms with Gasteiger partial charge in [-0.05, 0) is 53.6 Å². The lowest BCUT2D eigenvalue weighted by Gasteiger charge is -2.15. The number of esters is 1. The fourth-order valence-corrected chi connectivity index (χ4v) is 5.36. The number of ether oxygens (including phenoxy) is 1. The molecule has 1 saturated heterocycles. The summed E-state index contributed by atoms with van der Waals surface area (Å²) in [7, 11) is 0. The van der Waals surface area contributed by atoms with E-state index in [1.165, 1.54) is 36.0 Å². The highest BCUT2D eigenvalue weighted by Crippen LogP contribution is 2.34. The van der Waals surface area contributed by atoms with E-state index in [0.717, 1.165) is 20.9 Å². The first-order valence-corrected chi connectivity index (χ1v) is 13.1. The first kappa shape index (κ1) is 25.9. The molecule has 0 saturated carbocycles. The van der Waals surface area contributed by atoms with Crippen LogP contribution in [-0.2, 0) is 14.3 Å². The van der Waals surface area contributed by atoms with Gasteiger partial charge in [-0.1, -0.05) is 60.7 Å². The van der Waals surface area contributed by atoms with Crippen LogP contribution in [0.15, 0.2) is 108 Å². The Labute approximate surface area is 229 Å². The molecule has 8 heteroatoms. The lowest BCUT2D eigenvalue weighted by Crippen LogP contribution is -2.31. The smallest absolute Gasteiger partial charge is 0.338 e. The number of carbonyl (C=O) groups excluding carboxylic acids is 4. The van der Waals surface area contributed by atoms with Crippen molar-refractivity contribution in [1.82, 2.24) is 0 Å². The van der Waals surface area contributed by atoms with Gasteiger partial charge in [-0.15, -0.1) is 11.8 Å². The zero-order valence-corrected chi connectivity index (χ0v) is 21.6. The summed E-state index contributed by atoms with van der Waals surface area (Å²) in [5.41, 5.74) is 9.43. The van der Waals surface area contributed by atoms with Gasteiger partial charge in [0.15, 0.2) is 12.4 Å². The van der Waals surface area contributed by atoms with E-state index < -0.39 is 17.8 Å². The molecule has 5 rings (SSSR count). The van der Waals surface area contributed by atoms with Crippen LogP contribution in [-0.4, -0.2) is 35.4 Å². The van der Waals surface area contributed by atoms with E-state index >= 15 is 0 Å². The van der Waals surface area contributed by atoms with Gasteiger partial charge in [-0.3, -0.25) is 14.4 Å². The van der Waals surface area contributed by atoms with E-state index in [1.807, 2.05) is 48.5 Å². The Hall–Kier alpha value is -4.69. The molecule has 1 heterocycles. The van der Waals surface area contributed by atoms with Gasteiger partial charge in [0, 0.05) is 22.6 Å². The number of anilines is 2. The number of hydrogen-bond donors (Lipinski definition) is 1. The molecule has 7 nitrogen and oxygen atoms in total. The molecule has 1 atom stereocenters. The highest BCUT2D eigenvalue weighted by molar-refractivity contribution is 8.00. The van der Waals surface area contributed by atoms with Crippen LogP contribution in [0.25, 0.3) is 11.1 Å². The number of hydrogen-bond acceptors (Lipinski definition) is 7. The van der Waals surface area contributed by atoms with E-state index in [1.54, 1.807) is 30.3 Å². The van der Waals surface area contributed by atoms with Crippen molar-refractivity contribution in [3.63, 3.8) is 0 Å². The molecule has 1 aliphatic heterocycles. The normalized spacial score (nSPS) is 14.9. The number of carbonyl (C=O) groups is 4. The van der Waals surface area contributed by atoms with Crippen LogP contribution in [0.2, 0.25) is 0 Å². The van der Waals surface area contributed by atoms with Gasteiger partial charge < -0.3 is 10.5 Å². The zero-order chi connectivity index (χ0) is 27.4. The maximum Gasteiger partial charge on any atom is 0.338 e. The Morgan fingerprint density at radius 2 is 1.49 bits per heavy atom. The molecule has 4 aromatic rings. The SMILES string of the molecule is Nc1cccc(SC2CC(=O)N(c3ccc(C(=O)OCC(=O)c4ccc(-c5ccccc5)cc4)cc3)C2=O)c1. The second kappa shape index (κ2) is 11.4. The molecule has 2 amide bonds. The van der Waals surface area contributed by atoms with Crippen molar-refractivity contribution in [1.29, 1.82) is 0 Å². The van der Waals surface area contributed by atoms with Crippen LogP contribution in [0, 0.1) is 0 Å². The Bertz CT molecular complexity index is 1540. The van der Waals surface area contributed by atoms with E-state index in [-0.39, 0.29) is 29.6 Å². The van der Waals surface area contributed by atoms with Crippen LogP contribution >= 0.6 is 11.8 Å². The molecule has 2 N–H and O–H groups in total. The standard InChI is InChI=1S/C31H24N2O5S/c32-24-7-4-8-26(17-24)39-28-18-29(35)33(30(28)36)25-15-13-23(14-16-25)31(37)38-19-27(34)22-11-9-21(10-12-22)20-5-2-1-3-6-20/h1-17,28H,18-19,32H2. The molecular formula is C31H24N2O5S. The highest BCUT2D eigenvalue weighted by atomic mass is 32.2.